The highest BCUT2D eigenvalue weighted by molar-refractivity contribution is 5.92. The summed E-state index contributed by atoms with van der Waals surface area (Å²) in [6.07, 6.45) is 3.97. The highest BCUT2D eigenvalue weighted by Crippen LogP contribution is 2.18. The lowest BCUT2D eigenvalue weighted by atomic mass is 9.93. The van der Waals surface area contributed by atoms with Gasteiger partial charge in [-0.1, -0.05) is 27.7 Å². The molecule has 2 N–H and O–H groups in total. The lowest BCUT2D eigenvalue weighted by Gasteiger charge is -2.32. The molecule has 1 amide bonds. The van der Waals surface area contributed by atoms with Crippen LogP contribution in [0.3, 0.4) is 0 Å². The zero-order valence-corrected chi connectivity index (χ0v) is 13.4. The Morgan fingerprint density at radius 2 is 2.05 bits per heavy atom. The van der Waals surface area contributed by atoms with Crippen LogP contribution in [0, 0.1) is 5.41 Å². The molecule has 0 saturated carbocycles. The molecule has 4 heteroatoms. The van der Waals surface area contributed by atoms with E-state index in [2.05, 4.69) is 27.7 Å². The van der Waals surface area contributed by atoms with E-state index < -0.39 is 0 Å². The van der Waals surface area contributed by atoms with Gasteiger partial charge < -0.3 is 15.2 Å². The molecule has 0 aliphatic carbocycles. The summed E-state index contributed by atoms with van der Waals surface area (Å²) in [5.41, 5.74) is 6.54. The van der Waals surface area contributed by atoms with Crippen LogP contribution in [0.1, 0.15) is 51.0 Å². The molecule has 0 saturated heterocycles. The van der Waals surface area contributed by atoms with Crippen molar-refractivity contribution in [3.8, 4) is 0 Å². The summed E-state index contributed by atoms with van der Waals surface area (Å²) < 4.78 is 2.04. The Bertz CT molecular complexity index is 423. The summed E-state index contributed by atoms with van der Waals surface area (Å²) in [7, 11) is 0. The van der Waals surface area contributed by atoms with Crippen LogP contribution >= 0.6 is 0 Å². The molecule has 1 heterocycles. The topological polar surface area (TPSA) is 51.3 Å². The van der Waals surface area contributed by atoms with E-state index >= 15 is 0 Å². The van der Waals surface area contributed by atoms with Crippen LogP contribution in [-0.2, 0) is 6.54 Å². The number of nitrogens with zero attached hydrogens (tertiary/aromatic N) is 2. The Labute approximate surface area is 122 Å². The van der Waals surface area contributed by atoms with Gasteiger partial charge in [-0.3, -0.25) is 4.79 Å². The van der Waals surface area contributed by atoms with Crippen LogP contribution in [0.25, 0.3) is 0 Å². The van der Waals surface area contributed by atoms with Crippen molar-refractivity contribution < 1.29 is 4.79 Å². The van der Waals surface area contributed by atoms with Gasteiger partial charge in [0.1, 0.15) is 5.69 Å². The van der Waals surface area contributed by atoms with Crippen molar-refractivity contribution in [2.24, 2.45) is 11.1 Å². The molecule has 0 unspecified atom stereocenters. The first-order valence-corrected chi connectivity index (χ1v) is 7.59. The molecule has 1 rings (SSSR count). The molecule has 0 bridgehead atoms. The molecule has 0 fully saturated rings. The van der Waals surface area contributed by atoms with Crippen molar-refractivity contribution >= 4 is 5.91 Å². The maximum Gasteiger partial charge on any atom is 0.270 e. The maximum atomic E-state index is 12.7. The second kappa shape index (κ2) is 7.48. The number of hydrogen-bond donors (Lipinski definition) is 1. The smallest absolute Gasteiger partial charge is 0.270 e. The van der Waals surface area contributed by atoms with E-state index in [0.29, 0.717) is 13.1 Å². The van der Waals surface area contributed by atoms with Crippen LogP contribution in [0.4, 0.5) is 0 Å². The van der Waals surface area contributed by atoms with Crippen molar-refractivity contribution in [2.75, 3.05) is 19.6 Å². The summed E-state index contributed by atoms with van der Waals surface area (Å²) in [5.74, 6) is 0.117. The summed E-state index contributed by atoms with van der Waals surface area (Å²) in [6, 6.07) is 3.86. The minimum atomic E-state index is -0.0486. The van der Waals surface area contributed by atoms with E-state index in [-0.39, 0.29) is 11.3 Å². The Balaban J connectivity index is 2.90. The fraction of sp³-hybridized carbons (Fsp3) is 0.688. The van der Waals surface area contributed by atoms with Crippen LogP contribution < -0.4 is 5.73 Å². The van der Waals surface area contributed by atoms with E-state index in [9.17, 15) is 4.79 Å². The number of aromatic nitrogens is 1. The molecule has 0 atom stereocenters. The molecule has 20 heavy (non-hydrogen) atoms. The zero-order chi connectivity index (χ0) is 15.2. The first-order valence-electron chi connectivity index (χ1n) is 7.59. The normalized spacial score (nSPS) is 11.7. The number of hydrogen-bond acceptors (Lipinski definition) is 2. The highest BCUT2D eigenvalue weighted by atomic mass is 16.2. The molecule has 114 valence electrons. The van der Waals surface area contributed by atoms with Crippen molar-refractivity contribution in [1.29, 1.82) is 0 Å². The molecule has 1 aromatic rings. The molecular formula is C16H29N3O. The number of aryl methyl sites for hydroxylation is 1. The number of amides is 1. The summed E-state index contributed by atoms with van der Waals surface area (Å²) in [4.78, 5) is 14.7. The van der Waals surface area contributed by atoms with Gasteiger partial charge in [0, 0.05) is 25.8 Å². The van der Waals surface area contributed by atoms with E-state index in [1.807, 2.05) is 27.8 Å². The van der Waals surface area contributed by atoms with Crippen LogP contribution in [0.2, 0.25) is 0 Å². The van der Waals surface area contributed by atoms with Gasteiger partial charge in [-0.05, 0) is 36.9 Å². The molecule has 0 spiro atoms. The molecule has 0 aliphatic rings. The van der Waals surface area contributed by atoms with Gasteiger partial charge in [0.15, 0.2) is 0 Å². The lowest BCUT2D eigenvalue weighted by molar-refractivity contribution is 0.0678. The number of carbonyl (C=O) groups excluding carboxylic acids is 1. The Morgan fingerprint density at radius 3 is 2.60 bits per heavy atom. The van der Waals surface area contributed by atoms with Gasteiger partial charge in [-0.25, -0.2) is 0 Å². The zero-order valence-electron chi connectivity index (χ0n) is 13.4. The van der Waals surface area contributed by atoms with E-state index in [4.69, 9.17) is 5.73 Å². The van der Waals surface area contributed by atoms with Crippen molar-refractivity contribution in [2.45, 2.75) is 47.1 Å². The third kappa shape index (κ3) is 4.37. The molecule has 1 aromatic heterocycles. The SMILES string of the molecule is CCCN(CC(C)(C)CN)C(=O)c1cccn1CCC. The summed E-state index contributed by atoms with van der Waals surface area (Å²) >= 11 is 0. The monoisotopic (exact) mass is 279 g/mol. The van der Waals surface area contributed by atoms with E-state index in [1.54, 1.807) is 0 Å². The predicted octanol–water partition coefficient (Wildman–Crippen LogP) is 2.74. The van der Waals surface area contributed by atoms with Gasteiger partial charge in [-0.15, -0.1) is 0 Å². The van der Waals surface area contributed by atoms with Gasteiger partial charge in [-0.2, -0.15) is 0 Å². The standard InChI is InChI=1S/C16H29N3O/c1-5-9-18-11-7-8-14(18)15(20)19(10-6-2)13-16(3,4)12-17/h7-8,11H,5-6,9-10,12-13,17H2,1-4H3. The maximum absolute atomic E-state index is 12.7. The molecule has 0 radical (unpaired) electrons. The van der Waals surface area contributed by atoms with Crippen LogP contribution in [0.5, 0.6) is 0 Å². The Kier molecular flexibility index (Phi) is 6.27. The van der Waals surface area contributed by atoms with E-state index in [1.165, 1.54) is 0 Å². The molecule has 4 nitrogen and oxygen atoms in total. The lowest BCUT2D eigenvalue weighted by Crippen LogP contribution is -2.43. The Hall–Kier alpha value is -1.29. The molecule has 0 aliphatic heterocycles. The van der Waals surface area contributed by atoms with Gasteiger partial charge in [0.25, 0.3) is 5.91 Å². The first kappa shape index (κ1) is 16.8. The first-order chi connectivity index (χ1) is 9.45. The molecular weight excluding hydrogens is 250 g/mol. The van der Waals surface area contributed by atoms with Crippen LogP contribution in [-0.4, -0.2) is 35.0 Å². The second-order valence-electron chi connectivity index (χ2n) is 6.18. The summed E-state index contributed by atoms with van der Waals surface area (Å²) in [5, 5.41) is 0. The molecule has 0 aromatic carbocycles. The number of carbonyl (C=O) groups is 1. The van der Waals surface area contributed by atoms with Gasteiger partial charge in [0.05, 0.1) is 0 Å². The number of nitrogens with two attached hydrogens (primary N) is 1. The minimum absolute atomic E-state index is 0.0486. The largest absolute Gasteiger partial charge is 0.344 e. The van der Waals surface area contributed by atoms with Crippen molar-refractivity contribution in [3.05, 3.63) is 24.0 Å². The van der Waals surface area contributed by atoms with Gasteiger partial charge >= 0.3 is 0 Å². The Morgan fingerprint density at radius 1 is 1.35 bits per heavy atom. The number of rotatable bonds is 8. The fourth-order valence-corrected chi connectivity index (χ4v) is 2.31. The predicted molar refractivity (Wildman–Crippen MR) is 83.8 cm³/mol. The third-order valence-electron chi connectivity index (χ3n) is 3.47. The average molecular weight is 279 g/mol. The van der Waals surface area contributed by atoms with Gasteiger partial charge in [0.2, 0.25) is 0 Å². The van der Waals surface area contributed by atoms with Crippen molar-refractivity contribution in [1.82, 2.24) is 9.47 Å². The average Bonchev–Trinajstić information content (AvgIpc) is 2.86. The summed E-state index contributed by atoms with van der Waals surface area (Å²) in [6.45, 7) is 11.4. The fourth-order valence-electron chi connectivity index (χ4n) is 2.31. The van der Waals surface area contributed by atoms with Crippen LogP contribution in [0.15, 0.2) is 18.3 Å². The third-order valence-corrected chi connectivity index (χ3v) is 3.47. The highest BCUT2D eigenvalue weighted by Gasteiger charge is 2.25. The second-order valence-corrected chi connectivity index (χ2v) is 6.18. The quantitative estimate of drug-likeness (QED) is 0.795. The minimum Gasteiger partial charge on any atom is -0.344 e. The van der Waals surface area contributed by atoms with E-state index in [0.717, 1.165) is 31.6 Å². The van der Waals surface area contributed by atoms with Crippen molar-refractivity contribution in [3.63, 3.8) is 0 Å².